The van der Waals surface area contributed by atoms with Crippen LogP contribution in [-0.4, -0.2) is 31.4 Å². The molecule has 0 aliphatic heterocycles. The molecule has 6 heteroatoms. The molecule has 2 amide bonds. The van der Waals surface area contributed by atoms with Crippen LogP contribution in [0.25, 0.3) is 0 Å². The molecular weight excluding hydrogens is 374 g/mol. The van der Waals surface area contributed by atoms with E-state index in [0.29, 0.717) is 5.02 Å². The Kier molecular flexibility index (Phi) is 8.48. The maximum Gasteiger partial charge on any atom is 0.279 e. The molecule has 3 N–H and O–H groups in total. The van der Waals surface area contributed by atoms with Crippen molar-refractivity contribution in [2.24, 2.45) is 0 Å². The topological polar surface area (TPSA) is 62.6 Å². The van der Waals surface area contributed by atoms with Crippen molar-refractivity contribution >= 4 is 29.1 Å². The van der Waals surface area contributed by atoms with E-state index in [-0.39, 0.29) is 30.9 Å². The first kappa shape index (κ1) is 21.9. The highest BCUT2D eigenvalue weighted by Crippen LogP contribution is 2.21. The molecule has 0 aliphatic carbocycles. The number of nitrogens with one attached hydrogen (secondary N) is 3. The molecule has 0 radical (unpaired) electrons. The van der Waals surface area contributed by atoms with Crippen LogP contribution in [0, 0.1) is 6.92 Å². The maximum atomic E-state index is 12.5. The first-order valence-electron chi connectivity index (χ1n) is 9.63. The Morgan fingerprint density at radius 1 is 1.04 bits per heavy atom. The Morgan fingerprint density at radius 3 is 2.36 bits per heavy atom. The zero-order valence-electron chi connectivity index (χ0n) is 16.7. The van der Waals surface area contributed by atoms with Gasteiger partial charge in [0.1, 0.15) is 0 Å². The van der Waals surface area contributed by atoms with Crippen LogP contribution in [0.15, 0.2) is 48.5 Å². The molecule has 2 aromatic rings. The highest BCUT2D eigenvalue weighted by molar-refractivity contribution is 6.31. The van der Waals surface area contributed by atoms with Crippen molar-refractivity contribution in [3.63, 3.8) is 0 Å². The largest absolute Gasteiger partial charge is 0.345 e. The molecule has 150 valence electrons. The van der Waals surface area contributed by atoms with E-state index in [1.807, 2.05) is 69.3 Å². The van der Waals surface area contributed by atoms with Crippen molar-refractivity contribution in [3.05, 3.63) is 64.7 Å². The van der Waals surface area contributed by atoms with Gasteiger partial charge in [0.05, 0.1) is 12.6 Å². The van der Waals surface area contributed by atoms with Crippen LogP contribution in [0.2, 0.25) is 5.02 Å². The lowest BCUT2D eigenvalue weighted by molar-refractivity contribution is -0.883. The summed E-state index contributed by atoms with van der Waals surface area (Å²) in [7, 11) is 0. The molecule has 0 heterocycles. The Morgan fingerprint density at radius 2 is 1.68 bits per heavy atom. The summed E-state index contributed by atoms with van der Waals surface area (Å²) in [6.07, 6.45) is 0.889. The minimum atomic E-state index is -0.190. The molecule has 0 fully saturated rings. The van der Waals surface area contributed by atoms with Gasteiger partial charge in [0.15, 0.2) is 13.1 Å². The van der Waals surface area contributed by atoms with Crippen LogP contribution in [0.1, 0.15) is 37.4 Å². The molecule has 0 bridgehead atoms. The Labute approximate surface area is 172 Å². The summed E-state index contributed by atoms with van der Waals surface area (Å²) in [5.74, 6) is -0.190. The summed E-state index contributed by atoms with van der Waals surface area (Å²) in [6, 6.07) is 14.9. The smallest absolute Gasteiger partial charge is 0.279 e. The monoisotopic (exact) mass is 402 g/mol. The van der Waals surface area contributed by atoms with Gasteiger partial charge in [-0.05, 0) is 43.5 Å². The van der Waals surface area contributed by atoms with E-state index in [1.165, 1.54) is 0 Å². The fourth-order valence-corrected chi connectivity index (χ4v) is 3.45. The second kappa shape index (κ2) is 10.8. The number of anilines is 1. The van der Waals surface area contributed by atoms with Gasteiger partial charge < -0.3 is 15.5 Å². The molecular formula is C22H29ClN3O2+. The zero-order valence-corrected chi connectivity index (χ0v) is 17.5. The summed E-state index contributed by atoms with van der Waals surface area (Å²) in [5, 5.41) is 6.55. The van der Waals surface area contributed by atoms with Gasteiger partial charge in [-0.2, -0.15) is 0 Å². The Bertz CT molecular complexity index is 810. The molecule has 0 saturated heterocycles. The van der Waals surface area contributed by atoms with E-state index >= 15 is 0 Å². The molecule has 0 aliphatic rings. The highest BCUT2D eigenvalue weighted by Gasteiger charge is 2.20. The van der Waals surface area contributed by atoms with Crippen molar-refractivity contribution in [1.82, 2.24) is 5.32 Å². The average molecular weight is 403 g/mol. The number of hydrogen-bond acceptors (Lipinski definition) is 2. The third-order valence-corrected chi connectivity index (χ3v) is 4.94. The number of para-hydroxylation sites is 1. The average Bonchev–Trinajstić information content (AvgIpc) is 2.64. The fraction of sp³-hybridized carbons (Fsp3) is 0.364. The van der Waals surface area contributed by atoms with Crippen LogP contribution in [0.5, 0.6) is 0 Å². The molecule has 0 saturated carbocycles. The van der Waals surface area contributed by atoms with Crippen LogP contribution < -0.4 is 15.5 Å². The van der Waals surface area contributed by atoms with E-state index in [0.717, 1.165) is 34.7 Å². The summed E-state index contributed by atoms with van der Waals surface area (Å²) < 4.78 is 0. The molecule has 2 atom stereocenters. The van der Waals surface area contributed by atoms with E-state index in [4.69, 9.17) is 11.6 Å². The van der Waals surface area contributed by atoms with Gasteiger partial charge in [-0.1, -0.05) is 54.9 Å². The summed E-state index contributed by atoms with van der Waals surface area (Å²) >= 11 is 6.21. The van der Waals surface area contributed by atoms with Crippen molar-refractivity contribution in [1.29, 1.82) is 0 Å². The third kappa shape index (κ3) is 6.66. The van der Waals surface area contributed by atoms with Crippen molar-refractivity contribution < 1.29 is 14.5 Å². The second-order valence-electron chi connectivity index (χ2n) is 7.03. The number of benzene rings is 2. The van der Waals surface area contributed by atoms with E-state index < -0.39 is 0 Å². The standard InChI is InChI=1S/C22H28ClN3O2/c1-4-13-26(15-22(28)25-20-12-8-5-9-16(20)2)14-21(27)24-17(3)18-10-6-7-11-19(18)23/h5-12,17H,4,13-15H2,1-3H3,(H,24,27)(H,25,28)/p+1/t17-/m0/s1. The van der Waals surface area contributed by atoms with E-state index in [1.54, 1.807) is 0 Å². The fourth-order valence-electron chi connectivity index (χ4n) is 3.15. The quantitative estimate of drug-likeness (QED) is 0.604. The lowest BCUT2D eigenvalue weighted by atomic mass is 10.1. The SMILES string of the molecule is CCC[NH+](CC(=O)Nc1ccccc1C)CC(=O)N[C@@H](C)c1ccccc1Cl. The number of carbonyl (C=O) groups excluding carboxylic acids is 2. The molecule has 28 heavy (non-hydrogen) atoms. The number of amides is 2. The van der Waals surface area contributed by atoms with Crippen molar-refractivity contribution in [2.45, 2.75) is 33.2 Å². The maximum absolute atomic E-state index is 12.5. The minimum absolute atomic E-state index is 0.0929. The first-order valence-corrected chi connectivity index (χ1v) is 10.0. The summed E-state index contributed by atoms with van der Waals surface area (Å²) in [4.78, 5) is 25.9. The summed E-state index contributed by atoms with van der Waals surface area (Å²) in [6.45, 7) is 7.14. The second-order valence-corrected chi connectivity index (χ2v) is 7.43. The summed E-state index contributed by atoms with van der Waals surface area (Å²) in [5.41, 5.74) is 2.70. The van der Waals surface area contributed by atoms with Gasteiger partial charge in [0, 0.05) is 10.7 Å². The Hall–Kier alpha value is -2.37. The van der Waals surface area contributed by atoms with Gasteiger partial charge in [-0.15, -0.1) is 0 Å². The normalized spacial score (nSPS) is 12.9. The minimum Gasteiger partial charge on any atom is -0.345 e. The van der Waals surface area contributed by atoms with Gasteiger partial charge in [-0.25, -0.2) is 0 Å². The zero-order chi connectivity index (χ0) is 20.5. The third-order valence-electron chi connectivity index (χ3n) is 4.59. The number of carbonyl (C=O) groups is 2. The van der Waals surface area contributed by atoms with Crippen LogP contribution in [0.4, 0.5) is 5.69 Å². The van der Waals surface area contributed by atoms with Crippen LogP contribution in [-0.2, 0) is 9.59 Å². The molecule has 1 unspecified atom stereocenters. The predicted molar refractivity (Wildman–Crippen MR) is 114 cm³/mol. The van der Waals surface area contributed by atoms with Gasteiger partial charge >= 0.3 is 0 Å². The van der Waals surface area contributed by atoms with Crippen molar-refractivity contribution in [2.75, 3.05) is 25.0 Å². The number of halogens is 1. The first-order chi connectivity index (χ1) is 13.4. The van der Waals surface area contributed by atoms with E-state index in [2.05, 4.69) is 10.6 Å². The lowest BCUT2D eigenvalue weighted by Crippen LogP contribution is -3.14. The van der Waals surface area contributed by atoms with Crippen LogP contribution >= 0.6 is 11.6 Å². The number of rotatable bonds is 9. The highest BCUT2D eigenvalue weighted by atomic mass is 35.5. The molecule has 5 nitrogen and oxygen atoms in total. The molecule has 0 spiro atoms. The number of hydrogen-bond donors (Lipinski definition) is 3. The molecule has 2 rings (SSSR count). The molecule has 0 aromatic heterocycles. The number of quaternary nitrogens is 1. The Balaban J connectivity index is 1.92. The van der Waals surface area contributed by atoms with Gasteiger partial charge in [-0.3, -0.25) is 9.59 Å². The van der Waals surface area contributed by atoms with Crippen LogP contribution in [0.3, 0.4) is 0 Å². The number of aryl methyl sites for hydroxylation is 1. The predicted octanol–water partition coefficient (Wildman–Crippen LogP) is 2.76. The lowest BCUT2D eigenvalue weighted by Gasteiger charge is -2.20. The van der Waals surface area contributed by atoms with E-state index in [9.17, 15) is 9.59 Å². The van der Waals surface area contributed by atoms with Gasteiger partial charge in [0.25, 0.3) is 11.8 Å². The van der Waals surface area contributed by atoms with Gasteiger partial charge in [0.2, 0.25) is 0 Å². The molecule has 2 aromatic carbocycles. The van der Waals surface area contributed by atoms with Crippen molar-refractivity contribution in [3.8, 4) is 0 Å².